The number of aromatic hydroxyl groups is 1. The molecule has 3 aromatic rings. The summed E-state index contributed by atoms with van der Waals surface area (Å²) in [5, 5.41) is 12.9. The van der Waals surface area contributed by atoms with Gasteiger partial charge in [0.2, 0.25) is 5.91 Å². The minimum absolute atomic E-state index is 0.0698. The van der Waals surface area contributed by atoms with E-state index in [2.05, 4.69) is 19.9 Å². The van der Waals surface area contributed by atoms with Gasteiger partial charge in [-0.15, -0.1) is 0 Å². The number of carbonyl (C=O) groups is 1. The predicted octanol–water partition coefficient (Wildman–Crippen LogP) is 5.32. The van der Waals surface area contributed by atoms with Crippen LogP contribution in [0.2, 0.25) is 0 Å². The van der Waals surface area contributed by atoms with E-state index in [0.717, 1.165) is 27.6 Å². The van der Waals surface area contributed by atoms with Gasteiger partial charge in [-0.1, -0.05) is 69.3 Å². The number of carbonyl (C=O) groups excluding carboxylic acids is 1. The molecular weight excluding hydrogens is 322 g/mol. The van der Waals surface area contributed by atoms with Gasteiger partial charge in [0.1, 0.15) is 5.75 Å². The first-order valence-electron chi connectivity index (χ1n) is 9.09. The second kappa shape index (κ2) is 5.87. The maximum absolute atomic E-state index is 12.9. The van der Waals surface area contributed by atoms with Crippen molar-refractivity contribution in [3.05, 3.63) is 71.8 Å². The van der Waals surface area contributed by atoms with Gasteiger partial charge in [0.05, 0.1) is 6.04 Å². The number of benzene rings is 3. The van der Waals surface area contributed by atoms with E-state index < -0.39 is 0 Å². The fourth-order valence-electron chi connectivity index (χ4n) is 4.35. The minimum atomic E-state index is -0.316. The summed E-state index contributed by atoms with van der Waals surface area (Å²) in [4.78, 5) is 14.8. The van der Waals surface area contributed by atoms with Gasteiger partial charge in [-0.3, -0.25) is 4.79 Å². The average Bonchev–Trinajstić information content (AvgIpc) is 2.89. The Morgan fingerprint density at radius 2 is 1.73 bits per heavy atom. The number of para-hydroxylation sites is 1. The van der Waals surface area contributed by atoms with Crippen LogP contribution in [0.25, 0.3) is 10.8 Å². The minimum Gasteiger partial charge on any atom is -0.508 e. The van der Waals surface area contributed by atoms with E-state index in [1.54, 1.807) is 6.07 Å². The van der Waals surface area contributed by atoms with Crippen molar-refractivity contribution in [3.63, 3.8) is 0 Å². The molecule has 4 rings (SSSR count). The maximum atomic E-state index is 12.9. The van der Waals surface area contributed by atoms with Crippen molar-refractivity contribution in [3.8, 4) is 5.75 Å². The predicted molar refractivity (Wildman–Crippen MR) is 106 cm³/mol. The molecule has 3 heteroatoms. The standard InChI is InChI=1S/C23H23NO2/c1-4-20(26)24-18-12-8-7-11-17(18)23(2,3)22(24)21-16-10-6-5-9-15(16)13-14-19(21)25/h5-14,22,25H,4H2,1-3H3/t22-/m1/s1. The van der Waals surface area contributed by atoms with E-state index in [1.807, 2.05) is 60.4 Å². The number of hydrogen-bond donors (Lipinski definition) is 1. The Hall–Kier alpha value is -2.81. The molecule has 0 saturated heterocycles. The summed E-state index contributed by atoms with van der Waals surface area (Å²) in [6.07, 6.45) is 0.423. The van der Waals surface area contributed by atoms with Crippen molar-refractivity contribution >= 4 is 22.4 Å². The van der Waals surface area contributed by atoms with Crippen LogP contribution in [0, 0.1) is 0 Å². The first-order chi connectivity index (χ1) is 12.5. The van der Waals surface area contributed by atoms with E-state index in [-0.39, 0.29) is 23.1 Å². The summed E-state index contributed by atoms with van der Waals surface area (Å²) in [6, 6.07) is 19.5. The highest BCUT2D eigenvalue weighted by Crippen LogP contribution is 2.55. The molecule has 1 aliphatic heterocycles. The quantitative estimate of drug-likeness (QED) is 0.683. The highest BCUT2D eigenvalue weighted by Gasteiger charge is 2.48. The summed E-state index contributed by atoms with van der Waals surface area (Å²) in [5.41, 5.74) is 2.59. The molecular formula is C23H23NO2. The zero-order valence-electron chi connectivity index (χ0n) is 15.4. The van der Waals surface area contributed by atoms with Crippen molar-refractivity contribution in [2.45, 2.75) is 38.6 Å². The zero-order valence-corrected chi connectivity index (χ0v) is 15.4. The third kappa shape index (κ3) is 2.23. The molecule has 1 amide bonds. The number of hydrogen-bond acceptors (Lipinski definition) is 2. The van der Waals surface area contributed by atoms with Gasteiger partial charge in [0.15, 0.2) is 0 Å². The second-order valence-corrected chi connectivity index (χ2v) is 7.48. The van der Waals surface area contributed by atoms with Gasteiger partial charge in [-0.25, -0.2) is 0 Å². The normalized spacial score (nSPS) is 18.1. The third-order valence-corrected chi connectivity index (χ3v) is 5.59. The molecule has 0 aromatic heterocycles. The Labute approximate surface area is 153 Å². The lowest BCUT2D eigenvalue weighted by Gasteiger charge is -2.34. The Balaban J connectivity index is 2.05. The van der Waals surface area contributed by atoms with Crippen molar-refractivity contribution in [2.75, 3.05) is 4.90 Å². The van der Waals surface area contributed by atoms with Gasteiger partial charge in [0, 0.05) is 23.1 Å². The van der Waals surface area contributed by atoms with Crippen LogP contribution >= 0.6 is 0 Å². The number of phenolic OH excluding ortho intramolecular Hbond substituents is 1. The smallest absolute Gasteiger partial charge is 0.227 e. The molecule has 26 heavy (non-hydrogen) atoms. The molecule has 0 radical (unpaired) electrons. The van der Waals surface area contributed by atoms with Crippen LogP contribution < -0.4 is 4.90 Å². The van der Waals surface area contributed by atoms with Crippen LogP contribution in [0.5, 0.6) is 5.75 Å². The fourth-order valence-corrected chi connectivity index (χ4v) is 4.35. The third-order valence-electron chi connectivity index (χ3n) is 5.59. The number of rotatable bonds is 2. The molecule has 0 bridgehead atoms. The summed E-state index contributed by atoms with van der Waals surface area (Å²) in [6.45, 7) is 6.19. The van der Waals surface area contributed by atoms with Crippen molar-refractivity contribution in [1.29, 1.82) is 0 Å². The van der Waals surface area contributed by atoms with Gasteiger partial charge in [-0.05, 0) is 28.5 Å². The van der Waals surface area contributed by atoms with Gasteiger partial charge >= 0.3 is 0 Å². The largest absolute Gasteiger partial charge is 0.508 e. The molecule has 3 nitrogen and oxygen atoms in total. The van der Waals surface area contributed by atoms with Crippen LogP contribution in [0.3, 0.4) is 0 Å². The van der Waals surface area contributed by atoms with Crippen LogP contribution in [0.4, 0.5) is 5.69 Å². The first kappa shape index (κ1) is 16.6. The molecule has 0 spiro atoms. The van der Waals surface area contributed by atoms with Crippen LogP contribution in [-0.4, -0.2) is 11.0 Å². The number of anilines is 1. The lowest BCUT2D eigenvalue weighted by Crippen LogP contribution is -2.37. The molecule has 0 saturated carbocycles. The monoisotopic (exact) mass is 345 g/mol. The Kier molecular flexibility index (Phi) is 3.76. The summed E-state index contributed by atoms with van der Waals surface area (Å²) in [7, 11) is 0. The number of phenols is 1. The van der Waals surface area contributed by atoms with Crippen LogP contribution in [0.1, 0.15) is 44.4 Å². The Bertz CT molecular complexity index is 1010. The van der Waals surface area contributed by atoms with E-state index in [4.69, 9.17) is 0 Å². The van der Waals surface area contributed by atoms with E-state index in [0.29, 0.717) is 6.42 Å². The molecule has 1 N–H and O–H groups in total. The fraction of sp³-hybridized carbons (Fsp3) is 0.261. The van der Waals surface area contributed by atoms with Crippen molar-refractivity contribution < 1.29 is 9.90 Å². The lowest BCUT2D eigenvalue weighted by atomic mass is 9.76. The van der Waals surface area contributed by atoms with E-state index >= 15 is 0 Å². The SMILES string of the molecule is CCC(=O)N1c2ccccc2C(C)(C)[C@H]1c1c(O)ccc2ccccc12. The van der Waals surface area contributed by atoms with Crippen molar-refractivity contribution in [1.82, 2.24) is 0 Å². The first-order valence-corrected chi connectivity index (χ1v) is 9.09. The molecule has 1 heterocycles. The highest BCUT2D eigenvalue weighted by molar-refractivity contribution is 5.99. The molecule has 0 aliphatic carbocycles. The average molecular weight is 345 g/mol. The molecule has 132 valence electrons. The number of fused-ring (bicyclic) bond motifs is 2. The van der Waals surface area contributed by atoms with Gasteiger partial charge in [-0.2, -0.15) is 0 Å². The summed E-state index contributed by atoms with van der Waals surface area (Å²) in [5.74, 6) is 0.309. The molecule has 0 fully saturated rings. The Morgan fingerprint density at radius 1 is 1.04 bits per heavy atom. The summed E-state index contributed by atoms with van der Waals surface area (Å²) >= 11 is 0. The molecule has 0 unspecified atom stereocenters. The lowest BCUT2D eigenvalue weighted by molar-refractivity contribution is -0.118. The second-order valence-electron chi connectivity index (χ2n) is 7.48. The number of amides is 1. The molecule has 3 aromatic carbocycles. The molecule has 1 atom stereocenters. The topological polar surface area (TPSA) is 40.5 Å². The zero-order chi connectivity index (χ0) is 18.5. The van der Waals surface area contributed by atoms with Crippen molar-refractivity contribution in [2.24, 2.45) is 0 Å². The van der Waals surface area contributed by atoms with Crippen LogP contribution in [0.15, 0.2) is 60.7 Å². The van der Waals surface area contributed by atoms with Gasteiger partial charge < -0.3 is 10.0 Å². The van der Waals surface area contributed by atoms with Crippen LogP contribution in [-0.2, 0) is 10.2 Å². The maximum Gasteiger partial charge on any atom is 0.227 e. The highest BCUT2D eigenvalue weighted by atomic mass is 16.3. The number of nitrogens with zero attached hydrogens (tertiary/aromatic N) is 1. The van der Waals surface area contributed by atoms with E-state index in [1.165, 1.54) is 0 Å². The van der Waals surface area contributed by atoms with E-state index in [9.17, 15) is 9.90 Å². The Morgan fingerprint density at radius 3 is 2.50 bits per heavy atom. The molecule has 1 aliphatic rings. The van der Waals surface area contributed by atoms with Gasteiger partial charge in [0.25, 0.3) is 0 Å². The summed E-state index contributed by atoms with van der Waals surface area (Å²) < 4.78 is 0.